The largest absolute Gasteiger partial charge is 0.496 e. The number of nitrogens with zero attached hydrogens (tertiary/aromatic N) is 3. The lowest BCUT2D eigenvalue weighted by atomic mass is 10.1. The highest BCUT2D eigenvalue weighted by Gasteiger charge is 2.14. The van der Waals surface area contributed by atoms with Crippen LogP contribution >= 0.6 is 11.6 Å². The minimum absolute atomic E-state index is 0.218. The maximum atomic E-state index is 6.02. The molecule has 0 spiro atoms. The van der Waals surface area contributed by atoms with E-state index in [1.165, 1.54) is 11.3 Å². The van der Waals surface area contributed by atoms with Crippen LogP contribution in [0.3, 0.4) is 0 Å². The van der Waals surface area contributed by atoms with Crippen LogP contribution in [0, 0.1) is 13.8 Å². The molecule has 0 aliphatic carbocycles. The van der Waals surface area contributed by atoms with Gasteiger partial charge >= 0.3 is 0 Å². The molecule has 0 bridgehead atoms. The first-order valence-corrected chi connectivity index (χ1v) is 9.02. The molecule has 0 aliphatic rings. The Labute approximate surface area is 160 Å². The number of guanidine groups is 1. The monoisotopic (exact) mass is 377 g/mol. The first-order valence-electron chi connectivity index (χ1n) is 8.64. The summed E-state index contributed by atoms with van der Waals surface area (Å²) in [5, 5.41) is 11.9. The van der Waals surface area contributed by atoms with Crippen molar-refractivity contribution in [3.05, 3.63) is 45.7 Å². The molecule has 1 aromatic carbocycles. The molecular weight excluding hydrogens is 350 g/mol. The second kappa shape index (κ2) is 8.94. The molecule has 7 heteroatoms. The Morgan fingerprint density at radius 2 is 2.12 bits per heavy atom. The topological polar surface area (TPSA) is 63.5 Å². The van der Waals surface area contributed by atoms with Gasteiger partial charge in [-0.15, -0.1) is 0 Å². The van der Waals surface area contributed by atoms with E-state index in [9.17, 15) is 0 Å². The van der Waals surface area contributed by atoms with Gasteiger partial charge in [-0.3, -0.25) is 9.67 Å². The van der Waals surface area contributed by atoms with Crippen LogP contribution in [0.25, 0.3) is 0 Å². The van der Waals surface area contributed by atoms with Crippen molar-refractivity contribution in [2.24, 2.45) is 12.0 Å². The third-order valence-corrected chi connectivity index (χ3v) is 4.71. The van der Waals surface area contributed by atoms with Gasteiger partial charge in [-0.25, -0.2) is 0 Å². The maximum Gasteiger partial charge on any atom is 0.191 e. The quantitative estimate of drug-likeness (QED) is 0.600. The Morgan fingerprint density at radius 1 is 1.38 bits per heavy atom. The lowest BCUT2D eigenvalue weighted by Gasteiger charge is -2.19. The van der Waals surface area contributed by atoms with E-state index in [2.05, 4.69) is 41.5 Å². The molecule has 0 aliphatic heterocycles. The van der Waals surface area contributed by atoms with Gasteiger partial charge in [-0.05, 0) is 44.9 Å². The van der Waals surface area contributed by atoms with Crippen molar-refractivity contribution >= 4 is 17.6 Å². The SMILES string of the molecule is CN=C(NCc1ccc(Cl)cc1OC)NC(C)Cc1c(C)nn(C)c1C. The minimum atomic E-state index is 0.218. The van der Waals surface area contributed by atoms with Crippen LogP contribution in [-0.2, 0) is 20.0 Å². The highest BCUT2D eigenvalue weighted by atomic mass is 35.5. The van der Waals surface area contributed by atoms with Crippen LogP contribution in [0.15, 0.2) is 23.2 Å². The van der Waals surface area contributed by atoms with Crippen LogP contribution < -0.4 is 15.4 Å². The van der Waals surface area contributed by atoms with E-state index >= 15 is 0 Å². The summed E-state index contributed by atoms with van der Waals surface area (Å²) in [4.78, 5) is 4.31. The molecule has 142 valence electrons. The summed E-state index contributed by atoms with van der Waals surface area (Å²) in [5.41, 5.74) is 4.58. The number of benzene rings is 1. The van der Waals surface area contributed by atoms with Crippen LogP contribution in [0.2, 0.25) is 5.02 Å². The van der Waals surface area contributed by atoms with E-state index < -0.39 is 0 Å². The van der Waals surface area contributed by atoms with Gasteiger partial charge in [0.1, 0.15) is 5.75 Å². The second-order valence-electron chi connectivity index (χ2n) is 6.40. The molecule has 26 heavy (non-hydrogen) atoms. The Balaban J connectivity index is 1.97. The molecule has 2 rings (SSSR count). The fraction of sp³-hybridized carbons (Fsp3) is 0.474. The van der Waals surface area contributed by atoms with E-state index in [1.807, 2.05) is 29.9 Å². The van der Waals surface area contributed by atoms with Gasteiger partial charge in [0.15, 0.2) is 5.96 Å². The Kier molecular flexibility index (Phi) is 6.91. The van der Waals surface area contributed by atoms with Gasteiger partial charge in [0, 0.05) is 43.0 Å². The lowest BCUT2D eigenvalue weighted by Crippen LogP contribution is -2.42. The molecule has 0 saturated heterocycles. The number of aryl methyl sites for hydroxylation is 2. The summed E-state index contributed by atoms with van der Waals surface area (Å²) >= 11 is 6.02. The number of rotatable bonds is 6. The van der Waals surface area contributed by atoms with Crippen molar-refractivity contribution in [1.29, 1.82) is 0 Å². The summed E-state index contributed by atoms with van der Waals surface area (Å²) in [6.45, 7) is 6.89. The van der Waals surface area contributed by atoms with Gasteiger partial charge in [0.25, 0.3) is 0 Å². The number of hydrogen-bond donors (Lipinski definition) is 2. The average Bonchev–Trinajstić information content (AvgIpc) is 2.85. The van der Waals surface area contributed by atoms with Crippen molar-refractivity contribution in [3.8, 4) is 5.75 Å². The highest BCUT2D eigenvalue weighted by Crippen LogP contribution is 2.22. The van der Waals surface area contributed by atoms with Crippen LogP contribution in [-0.4, -0.2) is 35.9 Å². The Bertz CT molecular complexity index is 784. The van der Waals surface area contributed by atoms with Crippen LogP contribution in [0.4, 0.5) is 0 Å². The summed E-state index contributed by atoms with van der Waals surface area (Å²) in [6, 6.07) is 5.84. The van der Waals surface area contributed by atoms with Gasteiger partial charge < -0.3 is 15.4 Å². The second-order valence-corrected chi connectivity index (χ2v) is 6.84. The lowest BCUT2D eigenvalue weighted by molar-refractivity contribution is 0.409. The van der Waals surface area contributed by atoms with Crippen molar-refractivity contribution in [2.75, 3.05) is 14.2 Å². The predicted octanol–water partition coefficient (Wildman–Crippen LogP) is 3.00. The zero-order valence-electron chi connectivity index (χ0n) is 16.4. The minimum Gasteiger partial charge on any atom is -0.496 e. The number of ether oxygens (including phenoxy) is 1. The van der Waals surface area contributed by atoms with Gasteiger partial charge in [-0.2, -0.15) is 5.10 Å². The van der Waals surface area contributed by atoms with Gasteiger partial charge in [0.2, 0.25) is 0 Å². The highest BCUT2D eigenvalue weighted by molar-refractivity contribution is 6.30. The Morgan fingerprint density at radius 3 is 2.69 bits per heavy atom. The van der Waals surface area contributed by atoms with Crippen molar-refractivity contribution in [2.45, 2.75) is 39.8 Å². The zero-order valence-corrected chi connectivity index (χ0v) is 17.1. The normalized spacial score (nSPS) is 12.8. The molecular formula is C19H28ClN5O. The van der Waals surface area contributed by atoms with Crippen molar-refractivity contribution < 1.29 is 4.74 Å². The molecule has 1 atom stereocenters. The van der Waals surface area contributed by atoms with E-state index in [-0.39, 0.29) is 6.04 Å². The number of methoxy groups -OCH3 is 1. The van der Waals surface area contributed by atoms with E-state index in [1.54, 1.807) is 14.2 Å². The molecule has 1 aromatic heterocycles. The number of aromatic nitrogens is 2. The van der Waals surface area contributed by atoms with Crippen molar-refractivity contribution in [3.63, 3.8) is 0 Å². The van der Waals surface area contributed by atoms with Crippen LogP contribution in [0.5, 0.6) is 5.75 Å². The van der Waals surface area contributed by atoms with Crippen molar-refractivity contribution in [1.82, 2.24) is 20.4 Å². The molecule has 0 fully saturated rings. The Hall–Kier alpha value is -2.21. The predicted molar refractivity (Wildman–Crippen MR) is 107 cm³/mol. The van der Waals surface area contributed by atoms with Crippen LogP contribution in [0.1, 0.15) is 29.4 Å². The molecule has 2 aromatic rings. The summed E-state index contributed by atoms with van der Waals surface area (Å²) in [5.74, 6) is 1.50. The maximum absolute atomic E-state index is 6.02. The number of halogens is 1. The third kappa shape index (κ3) is 4.91. The molecule has 0 saturated carbocycles. The molecule has 1 unspecified atom stereocenters. The molecule has 6 nitrogen and oxygen atoms in total. The van der Waals surface area contributed by atoms with E-state index in [4.69, 9.17) is 16.3 Å². The average molecular weight is 378 g/mol. The number of aliphatic imine (C=N–C) groups is 1. The molecule has 0 radical (unpaired) electrons. The summed E-state index contributed by atoms with van der Waals surface area (Å²) < 4.78 is 7.31. The molecule has 2 N–H and O–H groups in total. The number of hydrogen-bond acceptors (Lipinski definition) is 3. The zero-order chi connectivity index (χ0) is 19.3. The number of nitrogens with one attached hydrogen (secondary N) is 2. The smallest absolute Gasteiger partial charge is 0.191 e. The third-order valence-electron chi connectivity index (χ3n) is 4.47. The molecule has 1 heterocycles. The summed E-state index contributed by atoms with van der Waals surface area (Å²) in [6.07, 6.45) is 0.885. The first kappa shape index (κ1) is 20.1. The first-order chi connectivity index (χ1) is 12.3. The fourth-order valence-corrected chi connectivity index (χ4v) is 3.10. The van der Waals surface area contributed by atoms with E-state index in [0.717, 1.165) is 29.4 Å². The summed E-state index contributed by atoms with van der Waals surface area (Å²) in [7, 11) is 5.38. The standard InChI is InChI=1S/C19H28ClN5O/c1-12(9-17-13(2)24-25(5)14(17)3)23-19(21-4)22-11-15-7-8-16(20)10-18(15)26-6/h7-8,10,12H,9,11H2,1-6H3,(H2,21,22,23). The molecule has 0 amide bonds. The fourth-order valence-electron chi connectivity index (χ4n) is 2.94. The van der Waals surface area contributed by atoms with Gasteiger partial charge in [0.05, 0.1) is 12.8 Å². The van der Waals surface area contributed by atoms with E-state index in [0.29, 0.717) is 11.6 Å². The van der Waals surface area contributed by atoms with Gasteiger partial charge in [-0.1, -0.05) is 17.7 Å².